The van der Waals surface area contributed by atoms with E-state index in [1.807, 2.05) is 0 Å². The normalized spacial score (nSPS) is 12.7. The first-order valence-electron chi connectivity index (χ1n) is 32.2. The Morgan fingerprint density at radius 3 is 0.803 bits per heavy atom. The molecule has 6 heteroatoms. The molecule has 0 aromatic rings. The Morgan fingerprint density at radius 2 is 0.513 bits per heavy atom. The molecule has 0 amide bonds. The fraction of sp³-hybridized carbons (Fsp3) is 0.729. The molecule has 0 saturated heterocycles. The van der Waals surface area contributed by atoms with Crippen LogP contribution in [-0.2, 0) is 28.6 Å². The minimum atomic E-state index is -0.783. The van der Waals surface area contributed by atoms with E-state index in [0.29, 0.717) is 19.3 Å². The van der Waals surface area contributed by atoms with E-state index in [2.05, 4.69) is 118 Å². The van der Waals surface area contributed by atoms with Gasteiger partial charge in [-0.25, -0.2) is 0 Å². The summed E-state index contributed by atoms with van der Waals surface area (Å²) in [5, 5.41) is 0. The Hall–Kier alpha value is -3.67. The molecule has 0 aliphatic rings. The van der Waals surface area contributed by atoms with Gasteiger partial charge >= 0.3 is 17.9 Å². The number of esters is 3. The quantitative estimate of drug-likeness (QED) is 0.0261. The first-order valence-corrected chi connectivity index (χ1v) is 32.2. The second kappa shape index (κ2) is 63.9. The zero-order chi connectivity index (χ0) is 55.0. The molecular formula is C70H120O6. The number of allylic oxidation sites excluding steroid dienone is 16. The average Bonchev–Trinajstić information content (AvgIpc) is 3.42. The van der Waals surface area contributed by atoms with Gasteiger partial charge in [-0.15, -0.1) is 0 Å². The summed E-state index contributed by atoms with van der Waals surface area (Å²) < 4.78 is 16.9. The van der Waals surface area contributed by atoms with Crippen LogP contribution >= 0.6 is 0 Å². The molecule has 0 saturated carbocycles. The van der Waals surface area contributed by atoms with Crippen LogP contribution in [0.3, 0.4) is 0 Å². The highest BCUT2D eigenvalue weighted by Crippen LogP contribution is 2.17. The maximum absolute atomic E-state index is 12.9. The molecule has 1 atom stereocenters. The van der Waals surface area contributed by atoms with Crippen LogP contribution in [0.25, 0.3) is 0 Å². The van der Waals surface area contributed by atoms with E-state index in [9.17, 15) is 14.4 Å². The lowest BCUT2D eigenvalue weighted by atomic mass is 10.0. The summed E-state index contributed by atoms with van der Waals surface area (Å²) in [6.45, 7) is 6.42. The molecule has 6 nitrogen and oxygen atoms in total. The highest BCUT2D eigenvalue weighted by molar-refractivity contribution is 5.71. The highest BCUT2D eigenvalue weighted by atomic mass is 16.6. The number of unbranched alkanes of at least 4 members (excludes halogenated alkanes) is 31. The smallest absolute Gasteiger partial charge is 0.306 e. The van der Waals surface area contributed by atoms with E-state index < -0.39 is 6.10 Å². The number of hydrogen-bond donors (Lipinski definition) is 0. The van der Waals surface area contributed by atoms with Crippen LogP contribution in [0.5, 0.6) is 0 Å². The summed E-state index contributed by atoms with van der Waals surface area (Å²) in [4.78, 5) is 38.2. The first-order chi connectivity index (χ1) is 37.5. The summed E-state index contributed by atoms with van der Waals surface area (Å²) in [5.41, 5.74) is 0. The van der Waals surface area contributed by atoms with Gasteiger partial charge in [0.05, 0.1) is 0 Å². The van der Waals surface area contributed by atoms with Crippen LogP contribution in [0.2, 0.25) is 0 Å². The lowest BCUT2D eigenvalue weighted by Crippen LogP contribution is -2.30. The molecule has 0 fully saturated rings. The van der Waals surface area contributed by atoms with Gasteiger partial charge in [0.15, 0.2) is 6.10 Å². The Bertz CT molecular complexity index is 1490. The Morgan fingerprint density at radius 1 is 0.276 bits per heavy atom. The molecular weight excluding hydrogens is 937 g/mol. The van der Waals surface area contributed by atoms with Crippen molar-refractivity contribution in [2.45, 2.75) is 316 Å². The molecule has 0 aromatic carbocycles. The van der Waals surface area contributed by atoms with E-state index in [0.717, 1.165) is 122 Å². The SMILES string of the molecule is CC/C=C\C/C=C\C/C=C\C/C=C\CCCCCCCCCCCCCCCCCCC(=O)OCC(COC(=O)CCCCCCCCCCCC)OC(=O)CCCCCCCC/C=C\C/C=C\C/C=C\C/C=C\CC. The van der Waals surface area contributed by atoms with Gasteiger partial charge in [-0.1, -0.05) is 291 Å². The van der Waals surface area contributed by atoms with Crippen LogP contribution in [0.1, 0.15) is 310 Å². The largest absolute Gasteiger partial charge is 0.462 e. The topological polar surface area (TPSA) is 78.9 Å². The Labute approximate surface area is 470 Å². The van der Waals surface area contributed by atoms with E-state index in [1.165, 1.54) is 148 Å². The van der Waals surface area contributed by atoms with Crippen molar-refractivity contribution in [2.24, 2.45) is 0 Å². The van der Waals surface area contributed by atoms with E-state index in [1.54, 1.807) is 0 Å². The number of hydrogen-bond acceptors (Lipinski definition) is 6. The van der Waals surface area contributed by atoms with Crippen molar-refractivity contribution in [3.63, 3.8) is 0 Å². The summed E-state index contributed by atoms with van der Waals surface area (Å²) >= 11 is 0. The molecule has 0 spiro atoms. The standard InChI is InChI=1S/C70H120O6/c1-4-7-10-13-16-19-22-24-26-28-30-31-32-33-34-35-36-37-38-39-41-42-44-46-48-51-54-57-60-63-69(72)75-66-67(65-74-68(71)62-59-56-53-50-21-18-15-12-9-6-3)76-70(73)64-61-58-55-52-49-47-45-43-40-29-27-25-23-20-17-14-11-8-5-2/h7-8,10-11,16-17,19-20,24-27,30-31,40,43,67H,4-6,9,12-15,18,21-23,28-29,32-39,41-42,44-66H2,1-3H3/b10-7-,11-8-,19-16-,20-17-,26-24-,27-25-,31-30-,43-40-. The van der Waals surface area contributed by atoms with Crippen molar-refractivity contribution >= 4 is 17.9 Å². The molecule has 0 rings (SSSR count). The van der Waals surface area contributed by atoms with Crippen molar-refractivity contribution in [1.29, 1.82) is 0 Å². The van der Waals surface area contributed by atoms with Crippen molar-refractivity contribution < 1.29 is 28.6 Å². The van der Waals surface area contributed by atoms with Gasteiger partial charge in [0.1, 0.15) is 13.2 Å². The summed E-state index contributed by atoms with van der Waals surface area (Å²) in [6.07, 6.45) is 85.7. The van der Waals surface area contributed by atoms with Gasteiger partial charge in [-0.2, -0.15) is 0 Å². The molecule has 0 aliphatic heterocycles. The number of carbonyl (C=O) groups is 3. The van der Waals surface area contributed by atoms with Gasteiger partial charge < -0.3 is 14.2 Å². The molecule has 0 N–H and O–H groups in total. The number of carbonyl (C=O) groups excluding carboxylic acids is 3. The predicted molar refractivity (Wildman–Crippen MR) is 330 cm³/mol. The van der Waals surface area contributed by atoms with Crippen LogP contribution in [0.4, 0.5) is 0 Å². The van der Waals surface area contributed by atoms with Crippen molar-refractivity contribution in [1.82, 2.24) is 0 Å². The van der Waals surface area contributed by atoms with Gasteiger partial charge in [0, 0.05) is 19.3 Å². The van der Waals surface area contributed by atoms with Crippen molar-refractivity contribution in [3.05, 3.63) is 97.2 Å². The molecule has 0 radical (unpaired) electrons. The molecule has 0 aromatic heterocycles. The zero-order valence-corrected chi connectivity index (χ0v) is 50.0. The van der Waals surface area contributed by atoms with Crippen molar-refractivity contribution in [3.8, 4) is 0 Å². The maximum Gasteiger partial charge on any atom is 0.306 e. The second-order valence-electron chi connectivity index (χ2n) is 21.3. The van der Waals surface area contributed by atoms with Gasteiger partial charge in [-0.3, -0.25) is 14.4 Å². The minimum absolute atomic E-state index is 0.0799. The van der Waals surface area contributed by atoms with Gasteiger partial charge in [-0.05, 0) is 96.3 Å². The Kier molecular flexibility index (Phi) is 60.8. The van der Waals surface area contributed by atoms with Crippen LogP contribution in [-0.4, -0.2) is 37.2 Å². The zero-order valence-electron chi connectivity index (χ0n) is 50.0. The average molecular weight is 1060 g/mol. The van der Waals surface area contributed by atoms with Crippen LogP contribution in [0.15, 0.2) is 97.2 Å². The fourth-order valence-electron chi connectivity index (χ4n) is 9.07. The second-order valence-corrected chi connectivity index (χ2v) is 21.3. The number of ether oxygens (including phenoxy) is 3. The third kappa shape index (κ3) is 61.2. The van der Waals surface area contributed by atoms with Crippen molar-refractivity contribution in [2.75, 3.05) is 13.2 Å². The van der Waals surface area contributed by atoms with Gasteiger partial charge in [0.25, 0.3) is 0 Å². The fourth-order valence-corrected chi connectivity index (χ4v) is 9.07. The van der Waals surface area contributed by atoms with Crippen LogP contribution in [0, 0.1) is 0 Å². The summed E-state index contributed by atoms with van der Waals surface area (Å²) in [6, 6.07) is 0. The molecule has 0 bridgehead atoms. The van der Waals surface area contributed by atoms with E-state index in [4.69, 9.17) is 14.2 Å². The molecule has 436 valence electrons. The molecule has 1 unspecified atom stereocenters. The minimum Gasteiger partial charge on any atom is -0.462 e. The Balaban J connectivity index is 4.20. The van der Waals surface area contributed by atoms with Gasteiger partial charge in [0.2, 0.25) is 0 Å². The highest BCUT2D eigenvalue weighted by Gasteiger charge is 2.19. The summed E-state index contributed by atoms with van der Waals surface area (Å²) in [5.74, 6) is -0.884. The monoisotopic (exact) mass is 1060 g/mol. The van der Waals surface area contributed by atoms with E-state index in [-0.39, 0.29) is 31.1 Å². The summed E-state index contributed by atoms with van der Waals surface area (Å²) in [7, 11) is 0. The predicted octanol–water partition coefficient (Wildman–Crippen LogP) is 22.0. The van der Waals surface area contributed by atoms with Crippen LogP contribution < -0.4 is 0 Å². The molecule has 76 heavy (non-hydrogen) atoms. The van der Waals surface area contributed by atoms with E-state index >= 15 is 0 Å². The lowest BCUT2D eigenvalue weighted by Gasteiger charge is -2.18. The third-order valence-electron chi connectivity index (χ3n) is 13.8. The number of rotatable bonds is 58. The lowest BCUT2D eigenvalue weighted by molar-refractivity contribution is -0.167. The molecule has 0 aliphatic carbocycles. The third-order valence-corrected chi connectivity index (χ3v) is 13.8. The molecule has 0 heterocycles. The first kappa shape index (κ1) is 72.3. The maximum atomic E-state index is 12.9.